The second-order valence-corrected chi connectivity index (χ2v) is 8.19. The predicted molar refractivity (Wildman–Crippen MR) is 132 cm³/mol. The summed E-state index contributed by atoms with van der Waals surface area (Å²) in [7, 11) is 1.56. The highest BCUT2D eigenvalue weighted by Gasteiger charge is 2.18. The molecule has 0 fully saturated rings. The van der Waals surface area contributed by atoms with Gasteiger partial charge in [0.25, 0.3) is 5.56 Å². The number of H-pyrrole nitrogens is 1. The molecule has 0 bridgehead atoms. The molecule has 0 spiro atoms. The van der Waals surface area contributed by atoms with Gasteiger partial charge in [-0.15, -0.1) is 0 Å². The van der Waals surface area contributed by atoms with Crippen molar-refractivity contribution in [2.75, 3.05) is 12.4 Å². The van der Waals surface area contributed by atoms with Crippen molar-refractivity contribution in [3.05, 3.63) is 105 Å². The molecule has 4 aromatic rings. The topological polar surface area (TPSA) is 74.4 Å². The lowest BCUT2D eigenvalue weighted by molar-refractivity contribution is 0.206. The summed E-state index contributed by atoms with van der Waals surface area (Å²) in [5, 5.41) is 3.85. The lowest BCUT2D eigenvalue weighted by atomic mass is 10.1. The minimum atomic E-state index is -0.316. The summed E-state index contributed by atoms with van der Waals surface area (Å²) < 4.78 is 5.36. The summed E-state index contributed by atoms with van der Waals surface area (Å²) in [4.78, 5) is 30.7. The van der Waals surface area contributed by atoms with E-state index >= 15 is 0 Å². The zero-order chi connectivity index (χ0) is 23.4. The Labute approximate surface area is 192 Å². The number of aromatic amines is 1. The maximum atomic E-state index is 13.3. The molecule has 0 atom stereocenters. The van der Waals surface area contributed by atoms with E-state index in [1.54, 1.807) is 24.1 Å². The third-order valence-electron chi connectivity index (χ3n) is 5.57. The minimum absolute atomic E-state index is 0.161. The van der Waals surface area contributed by atoms with Crippen LogP contribution in [0.4, 0.5) is 10.5 Å². The van der Waals surface area contributed by atoms with E-state index in [4.69, 9.17) is 4.74 Å². The largest absolute Gasteiger partial charge is 0.495 e. The molecule has 2 N–H and O–H groups in total. The van der Waals surface area contributed by atoms with Gasteiger partial charge in [-0.05, 0) is 54.6 Å². The molecule has 0 saturated carbocycles. The summed E-state index contributed by atoms with van der Waals surface area (Å²) in [6, 6.07) is 22.7. The van der Waals surface area contributed by atoms with Gasteiger partial charge in [-0.3, -0.25) is 4.79 Å². The monoisotopic (exact) mass is 441 g/mol. The standard InChI is InChI=1S/C27H27N3O3/c1-18-8-11-20(12-9-18)16-30(27(32)29-23-6-4-5-7-25(23)33-3)17-22-15-21-13-10-19(2)14-24(21)28-26(22)31/h4-15H,16-17H2,1-3H3,(H,28,31)(H,29,32). The first-order valence-electron chi connectivity index (χ1n) is 10.8. The van der Waals surface area contributed by atoms with Crippen molar-refractivity contribution in [1.82, 2.24) is 9.88 Å². The number of methoxy groups -OCH3 is 1. The fraction of sp³-hybridized carbons (Fsp3) is 0.185. The molecule has 2 amide bonds. The Balaban J connectivity index is 1.66. The fourth-order valence-electron chi connectivity index (χ4n) is 3.74. The Hall–Kier alpha value is -4.06. The maximum Gasteiger partial charge on any atom is 0.322 e. The first kappa shape index (κ1) is 22.1. The summed E-state index contributed by atoms with van der Waals surface area (Å²) in [5.74, 6) is 0.569. The van der Waals surface area contributed by atoms with E-state index in [0.29, 0.717) is 23.5 Å². The summed E-state index contributed by atoms with van der Waals surface area (Å²) in [6.07, 6.45) is 0. The van der Waals surface area contributed by atoms with Crippen molar-refractivity contribution in [3.8, 4) is 5.75 Å². The summed E-state index contributed by atoms with van der Waals surface area (Å²) in [5.41, 5.74) is 4.87. The first-order chi connectivity index (χ1) is 15.9. The van der Waals surface area contributed by atoms with E-state index in [2.05, 4.69) is 10.3 Å². The number of nitrogens with zero attached hydrogens (tertiary/aromatic N) is 1. The zero-order valence-corrected chi connectivity index (χ0v) is 19.0. The molecule has 1 aromatic heterocycles. The molecule has 0 aliphatic carbocycles. The van der Waals surface area contributed by atoms with Crippen LogP contribution in [0.5, 0.6) is 5.75 Å². The van der Waals surface area contributed by atoms with Crippen molar-refractivity contribution in [2.45, 2.75) is 26.9 Å². The van der Waals surface area contributed by atoms with Crippen LogP contribution in [0.3, 0.4) is 0 Å². The molecule has 6 nitrogen and oxygen atoms in total. The number of rotatable bonds is 6. The molecular weight excluding hydrogens is 414 g/mol. The Morgan fingerprint density at radius 2 is 1.67 bits per heavy atom. The number of carbonyl (C=O) groups is 1. The molecule has 33 heavy (non-hydrogen) atoms. The third kappa shape index (κ3) is 5.23. The number of carbonyl (C=O) groups excluding carboxylic acids is 1. The molecule has 168 valence electrons. The molecule has 0 aliphatic rings. The number of fused-ring (bicyclic) bond motifs is 1. The van der Waals surface area contributed by atoms with E-state index < -0.39 is 0 Å². The average molecular weight is 442 g/mol. The maximum absolute atomic E-state index is 13.3. The number of benzene rings is 3. The number of hydrogen-bond donors (Lipinski definition) is 2. The van der Waals surface area contributed by atoms with Gasteiger partial charge < -0.3 is 19.9 Å². The number of hydrogen-bond acceptors (Lipinski definition) is 3. The number of aryl methyl sites for hydroxylation is 2. The van der Waals surface area contributed by atoms with Gasteiger partial charge in [0.15, 0.2) is 0 Å². The average Bonchev–Trinajstić information content (AvgIpc) is 2.81. The molecule has 0 unspecified atom stereocenters. The number of aromatic nitrogens is 1. The second kappa shape index (κ2) is 9.61. The number of urea groups is 1. The minimum Gasteiger partial charge on any atom is -0.495 e. The molecule has 0 radical (unpaired) electrons. The van der Waals surface area contributed by atoms with Gasteiger partial charge in [-0.2, -0.15) is 0 Å². The van der Waals surface area contributed by atoms with Gasteiger partial charge in [0.2, 0.25) is 0 Å². The lowest BCUT2D eigenvalue weighted by Gasteiger charge is -2.24. The van der Waals surface area contributed by atoms with Gasteiger partial charge >= 0.3 is 6.03 Å². The van der Waals surface area contributed by atoms with E-state index in [1.165, 1.54) is 0 Å². The van der Waals surface area contributed by atoms with Crippen molar-refractivity contribution in [3.63, 3.8) is 0 Å². The van der Waals surface area contributed by atoms with Crippen LogP contribution in [0.15, 0.2) is 77.6 Å². The van der Waals surface area contributed by atoms with Crippen molar-refractivity contribution < 1.29 is 9.53 Å². The molecular formula is C27H27N3O3. The number of ether oxygens (including phenoxy) is 1. The lowest BCUT2D eigenvalue weighted by Crippen LogP contribution is -2.35. The highest BCUT2D eigenvalue weighted by Crippen LogP contribution is 2.24. The van der Waals surface area contributed by atoms with Crippen LogP contribution in [-0.2, 0) is 13.1 Å². The smallest absolute Gasteiger partial charge is 0.322 e. The zero-order valence-electron chi connectivity index (χ0n) is 19.0. The molecule has 3 aromatic carbocycles. The Bertz CT molecular complexity index is 1340. The van der Waals surface area contributed by atoms with Crippen molar-refractivity contribution in [1.29, 1.82) is 0 Å². The van der Waals surface area contributed by atoms with Gasteiger partial charge in [0.05, 0.1) is 19.3 Å². The van der Waals surface area contributed by atoms with Crippen LogP contribution in [0.2, 0.25) is 0 Å². The van der Waals surface area contributed by atoms with Crippen LogP contribution in [0, 0.1) is 13.8 Å². The Morgan fingerprint density at radius 3 is 2.42 bits per heavy atom. The van der Waals surface area contributed by atoms with Crippen molar-refractivity contribution in [2.24, 2.45) is 0 Å². The summed E-state index contributed by atoms with van der Waals surface area (Å²) in [6.45, 7) is 4.52. The predicted octanol–water partition coefficient (Wildman–Crippen LogP) is 5.39. The highest BCUT2D eigenvalue weighted by atomic mass is 16.5. The Kier molecular flexibility index (Phi) is 6.45. The van der Waals surface area contributed by atoms with Gasteiger partial charge in [0, 0.05) is 17.6 Å². The van der Waals surface area contributed by atoms with Crippen LogP contribution in [0.25, 0.3) is 10.9 Å². The van der Waals surface area contributed by atoms with Crippen LogP contribution < -0.4 is 15.6 Å². The number of nitrogens with one attached hydrogen (secondary N) is 2. The number of pyridine rings is 1. The van der Waals surface area contributed by atoms with E-state index in [-0.39, 0.29) is 18.1 Å². The number of anilines is 1. The van der Waals surface area contributed by atoms with Crippen LogP contribution in [0.1, 0.15) is 22.3 Å². The number of para-hydroxylation sites is 2. The third-order valence-corrected chi connectivity index (χ3v) is 5.57. The highest BCUT2D eigenvalue weighted by molar-refractivity contribution is 5.91. The van der Waals surface area contributed by atoms with E-state index in [0.717, 1.165) is 27.6 Å². The Morgan fingerprint density at radius 1 is 0.939 bits per heavy atom. The fourth-order valence-corrected chi connectivity index (χ4v) is 3.74. The molecule has 0 saturated heterocycles. The normalized spacial score (nSPS) is 10.8. The molecule has 0 aliphatic heterocycles. The molecule has 1 heterocycles. The van der Waals surface area contributed by atoms with Gasteiger partial charge in [0.1, 0.15) is 5.75 Å². The van der Waals surface area contributed by atoms with Gasteiger partial charge in [-0.25, -0.2) is 4.79 Å². The van der Waals surface area contributed by atoms with Crippen molar-refractivity contribution >= 4 is 22.6 Å². The first-order valence-corrected chi connectivity index (χ1v) is 10.8. The quantitative estimate of drug-likeness (QED) is 0.421. The van der Waals surface area contributed by atoms with Crippen LogP contribution >= 0.6 is 0 Å². The van der Waals surface area contributed by atoms with Gasteiger partial charge in [-0.1, -0.05) is 54.1 Å². The van der Waals surface area contributed by atoms with E-state index in [9.17, 15) is 9.59 Å². The van der Waals surface area contributed by atoms with E-state index in [1.807, 2.05) is 74.5 Å². The molecule has 4 rings (SSSR count). The SMILES string of the molecule is COc1ccccc1NC(=O)N(Cc1ccc(C)cc1)Cc1cc2ccc(C)cc2[nH]c1=O. The van der Waals surface area contributed by atoms with Crippen LogP contribution in [-0.4, -0.2) is 23.0 Å². The number of amides is 2. The second-order valence-electron chi connectivity index (χ2n) is 8.19. The molecule has 6 heteroatoms. The summed E-state index contributed by atoms with van der Waals surface area (Å²) >= 11 is 0.